The summed E-state index contributed by atoms with van der Waals surface area (Å²) in [7, 11) is 0. The van der Waals surface area contributed by atoms with Gasteiger partial charge < -0.3 is 0 Å². The predicted molar refractivity (Wildman–Crippen MR) is 122 cm³/mol. The average molecular weight is 469 g/mol. The number of halogens is 3. The Labute approximate surface area is 195 Å². The summed E-state index contributed by atoms with van der Waals surface area (Å²) in [5.74, 6) is -0.292. The van der Waals surface area contributed by atoms with Crippen molar-refractivity contribution in [3.05, 3.63) is 64.8 Å². The van der Waals surface area contributed by atoms with Gasteiger partial charge in [0.25, 0.3) is 0 Å². The van der Waals surface area contributed by atoms with Crippen molar-refractivity contribution in [1.82, 2.24) is 14.8 Å². The van der Waals surface area contributed by atoms with Crippen LogP contribution >= 0.6 is 11.6 Å². The molecule has 2 bridgehead atoms. The minimum absolute atomic E-state index is 0.0525. The normalized spacial score (nSPS) is 28.3. The maximum Gasteiger partial charge on any atom is 0.246 e. The van der Waals surface area contributed by atoms with Crippen LogP contribution in [0.4, 0.5) is 8.78 Å². The summed E-state index contributed by atoms with van der Waals surface area (Å²) < 4.78 is 29.5. The zero-order valence-electron chi connectivity index (χ0n) is 17.9. The Balaban J connectivity index is 1.22. The maximum absolute atomic E-state index is 13.8. The van der Waals surface area contributed by atoms with Gasteiger partial charge in [-0.05, 0) is 66.8 Å². The summed E-state index contributed by atoms with van der Waals surface area (Å²) in [6, 6.07) is 10.8. The molecule has 7 rings (SSSR count). The Morgan fingerprint density at radius 1 is 1.06 bits per heavy atom. The first-order chi connectivity index (χ1) is 16.0. The molecule has 5 nitrogen and oxygen atoms in total. The lowest BCUT2D eigenvalue weighted by Gasteiger charge is -2.51. The molecular formula is C25H23ClF2N4O. The lowest BCUT2D eigenvalue weighted by atomic mass is 9.55. The van der Waals surface area contributed by atoms with Crippen molar-refractivity contribution in [2.24, 2.45) is 28.8 Å². The van der Waals surface area contributed by atoms with Crippen LogP contribution in [0.1, 0.15) is 37.3 Å². The van der Waals surface area contributed by atoms with Gasteiger partial charge in [-0.1, -0.05) is 23.7 Å². The van der Waals surface area contributed by atoms with Gasteiger partial charge in [0, 0.05) is 36.6 Å². The summed E-state index contributed by atoms with van der Waals surface area (Å²) >= 11 is 6.60. The van der Waals surface area contributed by atoms with Crippen molar-refractivity contribution in [3.8, 4) is 0 Å². The number of hydrogen-bond donors (Lipinski definition) is 0. The van der Waals surface area contributed by atoms with Gasteiger partial charge in [-0.2, -0.15) is 10.2 Å². The summed E-state index contributed by atoms with van der Waals surface area (Å²) in [6.07, 6.45) is 4.88. The van der Waals surface area contributed by atoms with Gasteiger partial charge in [0.2, 0.25) is 5.91 Å². The van der Waals surface area contributed by atoms with Gasteiger partial charge in [0.1, 0.15) is 16.8 Å². The van der Waals surface area contributed by atoms with E-state index < -0.39 is 17.7 Å². The van der Waals surface area contributed by atoms with Crippen LogP contribution in [0.15, 0.2) is 47.6 Å². The van der Waals surface area contributed by atoms with E-state index in [4.69, 9.17) is 11.6 Å². The van der Waals surface area contributed by atoms with Crippen molar-refractivity contribution in [2.75, 3.05) is 0 Å². The Morgan fingerprint density at radius 3 is 2.58 bits per heavy atom. The average Bonchev–Trinajstić information content (AvgIpc) is 3.37. The zero-order valence-corrected chi connectivity index (χ0v) is 18.6. The first-order valence-electron chi connectivity index (χ1n) is 11.4. The molecule has 2 aromatic carbocycles. The predicted octanol–water partition coefficient (Wildman–Crippen LogP) is 5.59. The number of amides is 1. The minimum Gasteiger partial charge on any atom is -0.273 e. The second-order valence-electron chi connectivity index (χ2n) is 9.52. The summed E-state index contributed by atoms with van der Waals surface area (Å²) in [5.41, 5.74) is 1.31. The molecule has 4 aliphatic rings. The summed E-state index contributed by atoms with van der Waals surface area (Å²) in [6.45, 7) is 0.677. The highest BCUT2D eigenvalue weighted by Gasteiger charge is 2.50. The highest BCUT2D eigenvalue weighted by Crippen LogP contribution is 2.53. The number of aromatic nitrogens is 2. The fourth-order valence-electron chi connectivity index (χ4n) is 5.89. The first-order valence-corrected chi connectivity index (χ1v) is 11.8. The van der Waals surface area contributed by atoms with Crippen molar-refractivity contribution < 1.29 is 13.6 Å². The van der Waals surface area contributed by atoms with E-state index in [0.717, 1.165) is 36.2 Å². The number of hydrazone groups is 1. The van der Waals surface area contributed by atoms with E-state index in [1.165, 1.54) is 17.1 Å². The standard InChI is InChI=1S/C25H23ClF2N4O/c26-24-20-3-1-2-4-22(20)30-31(24)13-17-11-21(15-7-14(17)8-15)25(33)32-23(5-6-29-32)16-9-18(27)12-19(28)10-16/h1-4,6,9-10,12,14-15,17,21,23H,5,7-8,11,13H2. The first kappa shape index (κ1) is 20.8. The molecule has 3 unspecified atom stereocenters. The lowest BCUT2D eigenvalue weighted by Crippen LogP contribution is -2.49. The minimum atomic E-state index is -0.646. The molecule has 0 saturated heterocycles. The maximum atomic E-state index is 13.8. The molecule has 1 amide bonds. The SMILES string of the molecule is O=C(C1CC(Cn2nc3ccccc3c2Cl)C2CC1C2)N1N=CCC1c1cc(F)cc(F)c1. The summed E-state index contributed by atoms with van der Waals surface area (Å²) in [4.78, 5) is 13.6. The fraction of sp³-hybridized carbons (Fsp3) is 0.400. The van der Waals surface area contributed by atoms with E-state index in [2.05, 4.69) is 10.2 Å². The molecule has 1 aliphatic heterocycles. The molecule has 3 atom stereocenters. The number of rotatable bonds is 4. The second kappa shape index (κ2) is 7.90. The van der Waals surface area contributed by atoms with E-state index in [1.54, 1.807) is 6.21 Å². The van der Waals surface area contributed by atoms with Gasteiger partial charge in [0.15, 0.2) is 0 Å². The van der Waals surface area contributed by atoms with Gasteiger partial charge in [-0.3, -0.25) is 9.48 Å². The fourth-order valence-corrected chi connectivity index (χ4v) is 6.16. The number of nitrogens with zero attached hydrogens (tertiary/aromatic N) is 4. The Morgan fingerprint density at radius 2 is 1.82 bits per heavy atom. The van der Waals surface area contributed by atoms with Crippen molar-refractivity contribution in [2.45, 2.75) is 38.3 Å². The smallest absolute Gasteiger partial charge is 0.246 e. The monoisotopic (exact) mass is 468 g/mol. The van der Waals surface area contributed by atoms with Crippen LogP contribution in [0.3, 0.4) is 0 Å². The zero-order chi connectivity index (χ0) is 22.7. The number of carbonyl (C=O) groups excluding carboxylic acids is 1. The van der Waals surface area contributed by atoms with Crippen LogP contribution in [0.5, 0.6) is 0 Å². The molecule has 170 valence electrons. The van der Waals surface area contributed by atoms with Gasteiger partial charge in [-0.15, -0.1) is 0 Å². The quantitative estimate of drug-likeness (QED) is 0.501. The molecule has 0 N–H and O–H groups in total. The van der Waals surface area contributed by atoms with Crippen LogP contribution in [0.25, 0.3) is 10.9 Å². The molecular weight excluding hydrogens is 446 g/mol. The molecule has 3 aliphatic carbocycles. The van der Waals surface area contributed by atoms with E-state index in [-0.39, 0.29) is 11.8 Å². The Kier molecular flexibility index (Phi) is 4.98. The molecule has 3 saturated carbocycles. The highest BCUT2D eigenvalue weighted by molar-refractivity contribution is 6.34. The number of hydrogen-bond acceptors (Lipinski definition) is 3. The highest BCUT2D eigenvalue weighted by atomic mass is 35.5. The third-order valence-corrected chi connectivity index (χ3v) is 8.03. The van der Waals surface area contributed by atoms with Gasteiger partial charge in [-0.25, -0.2) is 13.8 Å². The van der Waals surface area contributed by atoms with Crippen LogP contribution < -0.4 is 0 Å². The third-order valence-electron chi connectivity index (χ3n) is 7.63. The largest absolute Gasteiger partial charge is 0.273 e. The van der Waals surface area contributed by atoms with E-state index >= 15 is 0 Å². The van der Waals surface area contributed by atoms with Gasteiger partial charge >= 0.3 is 0 Å². The van der Waals surface area contributed by atoms with Crippen LogP contribution in [0, 0.1) is 35.3 Å². The molecule has 8 heteroatoms. The van der Waals surface area contributed by atoms with E-state index in [9.17, 15) is 13.6 Å². The molecule has 3 aromatic rings. The molecule has 0 radical (unpaired) electrons. The number of benzene rings is 2. The molecule has 33 heavy (non-hydrogen) atoms. The van der Waals surface area contributed by atoms with Crippen LogP contribution in [-0.2, 0) is 11.3 Å². The summed E-state index contributed by atoms with van der Waals surface area (Å²) in [5, 5.41) is 12.0. The number of fused-ring (bicyclic) bond motifs is 3. The second-order valence-corrected chi connectivity index (χ2v) is 9.88. The van der Waals surface area contributed by atoms with Crippen molar-refractivity contribution in [1.29, 1.82) is 0 Å². The van der Waals surface area contributed by atoms with E-state index in [0.29, 0.717) is 41.4 Å². The molecule has 3 fully saturated rings. The van der Waals surface area contributed by atoms with Crippen molar-refractivity contribution >= 4 is 34.6 Å². The third kappa shape index (κ3) is 3.53. The Hall–Kier alpha value is -2.80. The molecule has 1 aromatic heterocycles. The topological polar surface area (TPSA) is 50.5 Å². The van der Waals surface area contributed by atoms with Crippen molar-refractivity contribution in [3.63, 3.8) is 0 Å². The molecule has 2 heterocycles. The van der Waals surface area contributed by atoms with Crippen LogP contribution in [0.2, 0.25) is 5.15 Å². The Bertz CT molecular complexity index is 1250. The van der Waals surface area contributed by atoms with E-state index in [1.807, 2.05) is 28.9 Å². The van der Waals surface area contributed by atoms with Gasteiger partial charge in [0.05, 0.1) is 11.6 Å². The molecule has 0 spiro atoms. The lowest BCUT2D eigenvalue weighted by molar-refractivity contribution is -0.147. The number of carbonyl (C=O) groups is 1. The van der Waals surface area contributed by atoms with Crippen LogP contribution in [-0.4, -0.2) is 26.9 Å².